The number of carbonyl (C=O) groups excluding carboxylic acids is 1. The first-order chi connectivity index (χ1) is 14.0. The van der Waals surface area contributed by atoms with Gasteiger partial charge >= 0.3 is 0 Å². The van der Waals surface area contributed by atoms with Crippen molar-refractivity contribution >= 4 is 39.7 Å². The number of aromatic amines is 1. The lowest BCUT2D eigenvalue weighted by Crippen LogP contribution is -2.27. The fourth-order valence-electron chi connectivity index (χ4n) is 3.13. The predicted molar refractivity (Wildman–Crippen MR) is 118 cm³/mol. The summed E-state index contributed by atoms with van der Waals surface area (Å²) >= 11 is 6.99. The second-order valence-electron chi connectivity index (χ2n) is 6.95. The van der Waals surface area contributed by atoms with Gasteiger partial charge < -0.3 is 4.90 Å². The average Bonchev–Trinajstić information content (AvgIpc) is 3.29. The average molecular weight is 424 g/mol. The number of fused-ring (bicyclic) bond motifs is 1. The number of aromatic nitrogens is 4. The Kier molecular flexibility index (Phi) is 5.55. The summed E-state index contributed by atoms with van der Waals surface area (Å²) in [5.41, 5.74) is 3.13. The normalized spacial score (nSPS) is 11.1. The molecule has 0 atom stereocenters. The zero-order chi connectivity index (χ0) is 20.4. The molecule has 8 heteroatoms. The molecular weight excluding hydrogens is 402 g/mol. The lowest BCUT2D eigenvalue weighted by Gasteiger charge is -2.16. The Morgan fingerprint density at radius 2 is 1.97 bits per heavy atom. The lowest BCUT2D eigenvalue weighted by molar-refractivity contribution is -0.130. The van der Waals surface area contributed by atoms with Crippen molar-refractivity contribution in [3.05, 3.63) is 63.9 Å². The maximum atomic E-state index is 12.7. The fourth-order valence-corrected chi connectivity index (χ4v) is 4.37. The number of amides is 1. The minimum atomic E-state index is 0.0437. The van der Waals surface area contributed by atoms with E-state index in [0.717, 1.165) is 26.6 Å². The van der Waals surface area contributed by atoms with Crippen LogP contribution in [0.2, 0.25) is 0 Å². The first-order valence-corrected chi connectivity index (χ1v) is 10.5. The van der Waals surface area contributed by atoms with E-state index in [1.165, 1.54) is 5.56 Å². The van der Waals surface area contributed by atoms with Gasteiger partial charge in [0, 0.05) is 25.6 Å². The molecule has 0 spiro atoms. The lowest BCUT2D eigenvalue weighted by atomic mass is 10.1. The van der Waals surface area contributed by atoms with Crippen LogP contribution in [0.15, 0.2) is 48.5 Å². The Hall–Kier alpha value is -2.84. The molecule has 2 aromatic heterocycles. The number of carbonyl (C=O) groups is 1. The van der Waals surface area contributed by atoms with Gasteiger partial charge in [0.25, 0.3) is 0 Å². The van der Waals surface area contributed by atoms with Crippen LogP contribution in [0.25, 0.3) is 21.6 Å². The summed E-state index contributed by atoms with van der Waals surface area (Å²) in [4.78, 5) is 19.0. The molecule has 0 unspecified atom stereocenters. The first-order valence-electron chi connectivity index (χ1n) is 9.32. The summed E-state index contributed by atoms with van der Waals surface area (Å²) in [5.74, 6) is 0.791. The number of hydrogen-bond acceptors (Lipinski definition) is 5. The van der Waals surface area contributed by atoms with Crippen LogP contribution in [0.4, 0.5) is 0 Å². The molecule has 29 heavy (non-hydrogen) atoms. The molecule has 0 saturated carbocycles. The fraction of sp³-hybridized carbons (Fsp3) is 0.238. The van der Waals surface area contributed by atoms with E-state index in [1.54, 1.807) is 16.2 Å². The molecule has 0 aliphatic carbocycles. The second kappa shape index (κ2) is 8.26. The second-order valence-corrected chi connectivity index (χ2v) is 8.45. The molecule has 1 amide bonds. The standard InChI is InChI=1S/C21H21N5OS2/c1-14-7-9-15(10-8-14)20-23-24-21(28)26(20)12-11-19(27)25(2)13-18-22-16-5-3-4-6-17(16)29-18/h3-10H,11-13H2,1-2H3,(H,24,28). The largest absolute Gasteiger partial charge is 0.339 e. The van der Waals surface area contributed by atoms with E-state index in [9.17, 15) is 4.79 Å². The third kappa shape index (κ3) is 4.28. The van der Waals surface area contributed by atoms with E-state index < -0.39 is 0 Å². The summed E-state index contributed by atoms with van der Waals surface area (Å²) < 4.78 is 3.53. The summed E-state index contributed by atoms with van der Waals surface area (Å²) in [6, 6.07) is 16.1. The van der Waals surface area contributed by atoms with E-state index >= 15 is 0 Å². The molecule has 0 fully saturated rings. The van der Waals surface area contributed by atoms with Gasteiger partial charge in [0.1, 0.15) is 5.01 Å². The zero-order valence-electron chi connectivity index (χ0n) is 16.3. The number of aryl methyl sites for hydroxylation is 1. The van der Waals surface area contributed by atoms with E-state index in [2.05, 4.69) is 15.2 Å². The highest BCUT2D eigenvalue weighted by molar-refractivity contribution is 7.71. The third-order valence-corrected chi connectivity index (χ3v) is 6.09. The van der Waals surface area contributed by atoms with Gasteiger partial charge in [0.15, 0.2) is 10.6 Å². The number of rotatable bonds is 6. The highest BCUT2D eigenvalue weighted by atomic mass is 32.1. The van der Waals surface area contributed by atoms with Crippen LogP contribution < -0.4 is 0 Å². The van der Waals surface area contributed by atoms with Crippen molar-refractivity contribution in [3.8, 4) is 11.4 Å². The molecule has 6 nitrogen and oxygen atoms in total. The number of benzene rings is 2. The molecule has 0 saturated heterocycles. The van der Waals surface area contributed by atoms with Crippen molar-refractivity contribution in [1.29, 1.82) is 0 Å². The number of para-hydroxylation sites is 1. The molecule has 4 aromatic rings. The molecular formula is C21H21N5OS2. The van der Waals surface area contributed by atoms with Crippen LogP contribution in [-0.2, 0) is 17.9 Å². The minimum Gasteiger partial charge on any atom is -0.339 e. The molecule has 0 aliphatic rings. The van der Waals surface area contributed by atoms with Gasteiger partial charge in [-0.15, -0.1) is 11.3 Å². The van der Waals surface area contributed by atoms with Crippen molar-refractivity contribution in [2.75, 3.05) is 7.05 Å². The van der Waals surface area contributed by atoms with Gasteiger partial charge in [-0.3, -0.25) is 14.5 Å². The van der Waals surface area contributed by atoms with Gasteiger partial charge in [0.2, 0.25) is 5.91 Å². The van der Waals surface area contributed by atoms with Gasteiger partial charge in [-0.25, -0.2) is 4.98 Å². The number of hydrogen-bond donors (Lipinski definition) is 1. The summed E-state index contributed by atoms with van der Waals surface area (Å²) in [5, 5.41) is 8.12. The Bertz CT molecular complexity index is 1170. The number of nitrogens with one attached hydrogen (secondary N) is 1. The van der Waals surface area contributed by atoms with Crippen LogP contribution in [0.1, 0.15) is 17.0 Å². The van der Waals surface area contributed by atoms with Crippen LogP contribution in [0.3, 0.4) is 0 Å². The Morgan fingerprint density at radius 1 is 1.21 bits per heavy atom. The van der Waals surface area contributed by atoms with Crippen molar-refractivity contribution in [2.45, 2.75) is 26.4 Å². The van der Waals surface area contributed by atoms with Gasteiger partial charge in [0.05, 0.1) is 16.8 Å². The zero-order valence-corrected chi connectivity index (χ0v) is 17.9. The molecule has 148 valence electrons. The van der Waals surface area contributed by atoms with Crippen molar-refractivity contribution < 1.29 is 4.79 Å². The van der Waals surface area contributed by atoms with E-state index in [4.69, 9.17) is 12.2 Å². The van der Waals surface area contributed by atoms with Crippen molar-refractivity contribution in [1.82, 2.24) is 24.6 Å². The first kappa shape index (κ1) is 19.5. The monoisotopic (exact) mass is 423 g/mol. The summed E-state index contributed by atoms with van der Waals surface area (Å²) in [6.07, 6.45) is 0.341. The van der Waals surface area contributed by atoms with E-state index in [1.807, 2.05) is 67.1 Å². The molecule has 2 aromatic carbocycles. The third-order valence-electron chi connectivity index (χ3n) is 4.75. The molecule has 0 radical (unpaired) electrons. The highest BCUT2D eigenvalue weighted by Crippen LogP contribution is 2.23. The molecule has 0 aliphatic heterocycles. The Morgan fingerprint density at radius 3 is 2.72 bits per heavy atom. The smallest absolute Gasteiger partial charge is 0.224 e. The van der Waals surface area contributed by atoms with Crippen molar-refractivity contribution in [3.63, 3.8) is 0 Å². The number of H-pyrrole nitrogens is 1. The molecule has 4 rings (SSSR count). The summed E-state index contributed by atoms with van der Waals surface area (Å²) in [7, 11) is 1.81. The molecule has 2 heterocycles. The minimum absolute atomic E-state index is 0.0437. The van der Waals surface area contributed by atoms with Gasteiger partial charge in [-0.2, -0.15) is 5.10 Å². The highest BCUT2D eigenvalue weighted by Gasteiger charge is 2.15. The van der Waals surface area contributed by atoms with Crippen LogP contribution in [0, 0.1) is 11.7 Å². The van der Waals surface area contributed by atoms with Crippen molar-refractivity contribution in [2.24, 2.45) is 0 Å². The van der Waals surface area contributed by atoms with E-state index in [-0.39, 0.29) is 5.91 Å². The van der Waals surface area contributed by atoms with Crippen LogP contribution >= 0.6 is 23.6 Å². The molecule has 0 bridgehead atoms. The van der Waals surface area contributed by atoms with E-state index in [0.29, 0.717) is 24.3 Å². The number of nitrogens with zero attached hydrogens (tertiary/aromatic N) is 4. The summed E-state index contributed by atoms with van der Waals surface area (Å²) in [6.45, 7) is 3.02. The van der Waals surface area contributed by atoms with Crippen LogP contribution in [-0.4, -0.2) is 37.6 Å². The van der Waals surface area contributed by atoms with Gasteiger partial charge in [-0.05, 0) is 31.3 Å². The van der Waals surface area contributed by atoms with Crippen LogP contribution in [0.5, 0.6) is 0 Å². The Labute approximate surface area is 177 Å². The van der Waals surface area contributed by atoms with Gasteiger partial charge in [-0.1, -0.05) is 42.0 Å². The Balaban J connectivity index is 1.43. The number of thiazole rings is 1. The quantitative estimate of drug-likeness (QED) is 0.461. The molecule has 1 N–H and O–H groups in total. The SMILES string of the molecule is Cc1ccc(-c2n[nH]c(=S)n2CCC(=O)N(C)Cc2nc3ccccc3s2)cc1. The maximum Gasteiger partial charge on any atom is 0.224 e. The topological polar surface area (TPSA) is 66.8 Å². The maximum absolute atomic E-state index is 12.7. The predicted octanol–water partition coefficient (Wildman–Crippen LogP) is 4.57.